The van der Waals surface area contributed by atoms with Gasteiger partial charge in [-0.3, -0.25) is 0 Å². The fourth-order valence-electron chi connectivity index (χ4n) is 0.345. The molecule has 0 aliphatic carbocycles. The zero-order valence-electron chi connectivity index (χ0n) is 4.78. The summed E-state index contributed by atoms with van der Waals surface area (Å²) < 4.78 is 5.03. The third-order valence-electron chi connectivity index (χ3n) is 0.771. The summed E-state index contributed by atoms with van der Waals surface area (Å²) in [5, 5.41) is 0. The SMILES string of the molecule is CCC[SiH](Cl)O[SiH3]. The van der Waals surface area contributed by atoms with Gasteiger partial charge in [0.2, 0.25) is 0 Å². The summed E-state index contributed by atoms with van der Waals surface area (Å²) in [6.45, 7) is 2.13. The predicted octanol–water partition coefficient (Wildman–Crippen LogP) is 0.153. The first-order chi connectivity index (χ1) is 3.31. The van der Waals surface area contributed by atoms with E-state index in [-0.39, 0.29) is 0 Å². The largest absolute Gasteiger partial charge is 0.455 e. The zero-order valence-corrected chi connectivity index (χ0v) is 8.69. The van der Waals surface area contributed by atoms with Crippen LogP contribution < -0.4 is 0 Å². The summed E-state index contributed by atoms with van der Waals surface area (Å²) in [5.41, 5.74) is 0. The van der Waals surface area contributed by atoms with Gasteiger partial charge < -0.3 is 4.12 Å². The summed E-state index contributed by atoms with van der Waals surface area (Å²) in [6.07, 6.45) is 1.17. The molecular weight excluding hydrogens is 144 g/mol. The van der Waals surface area contributed by atoms with Crippen molar-refractivity contribution in [3.05, 3.63) is 0 Å². The Balaban J connectivity index is 2.83. The average molecular weight is 155 g/mol. The van der Waals surface area contributed by atoms with E-state index < -0.39 is 8.35 Å². The second kappa shape index (κ2) is 4.83. The van der Waals surface area contributed by atoms with Gasteiger partial charge >= 0.3 is 0 Å². The first-order valence-corrected chi connectivity index (χ1v) is 6.33. The van der Waals surface area contributed by atoms with Gasteiger partial charge in [-0.25, -0.2) is 0 Å². The van der Waals surface area contributed by atoms with E-state index in [1.54, 1.807) is 0 Å². The van der Waals surface area contributed by atoms with Gasteiger partial charge in [0.1, 0.15) is 10.5 Å². The smallest absolute Gasteiger partial charge is 0.263 e. The number of hydrogen-bond donors (Lipinski definition) is 0. The molecule has 4 heteroatoms. The van der Waals surface area contributed by atoms with Gasteiger partial charge in [-0.2, -0.15) is 0 Å². The van der Waals surface area contributed by atoms with E-state index in [1.807, 2.05) is 0 Å². The molecule has 1 nitrogen and oxygen atoms in total. The lowest BCUT2D eigenvalue weighted by molar-refractivity contribution is 0.648. The third kappa shape index (κ3) is 4.54. The van der Waals surface area contributed by atoms with Gasteiger partial charge in [0.05, 0.1) is 0 Å². The molecule has 0 saturated heterocycles. The Morgan fingerprint density at radius 3 is 2.57 bits per heavy atom. The van der Waals surface area contributed by atoms with Crippen LogP contribution in [0.25, 0.3) is 0 Å². The predicted molar refractivity (Wildman–Crippen MR) is 39.1 cm³/mol. The molecule has 0 N–H and O–H groups in total. The van der Waals surface area contributed by atoms with Crippen molar-refractivity contribution in [3.63, 3.8) is 0 Å². The molecule has 1 unspecified atom stereocenters. The lowest BCUT2D eigenvalue weighted by Crippen LogP contribution is -2.05. The van der Waals surface area contributed by atoms with Crippen LogP contribution in [-0.2, 0) is 4.12 Å². The van der Waals surface area contributed by atoms with Crippen molar-refractivity contribution in [2.75, 3.05) is 0 Å². The lowest BCUT2D eigenvalue weighted by Gasteiger charge is -2.00. The second-order valence-corrected chi connectivity index (χ2v) is 6.18. The molecule has 0 rings (SSSR count). The van der Waals surface area contributed by atoms with Crippen molar-refractivity contribution < 1.29 is 4.12 Å². The van der Waals surface area contributed by atoms with Gasteiger partial charge in [0, 0.05) is 0 Å². The zero-order chi connectivity index (χ0) is 5.70. The molecule has 0 saturated carbocycles. The molecule has 0 aromatic carbocycles. The molecular formula is C3H11ClOSi2. The van der Waals surface area contributed by atoms with Crippen LogP contribution in [0.4, 0.5) is 0 Å². The normalized spacial score (nSPS) is 14.6. The maximum atomic E-state index is 5.72. The number of halogens is 1. The minimum atomic E-state index is -1.15. The van der Waals surface area contributed by atoms with E-state index in [0.717, 1.165) is 16.5 Å². The Morgan fingerprint density at radius 1 is 1.86 bits per heavy atom. The van der Waals surface area contributed by atoms with Gasteiger partial charge in [0.15, 0.2) is 0 Å². The van der Waals surface area contributed by atoms with Crippen molar-refractivity contribution in [2.24, 2.45) is 0 Å². The molecule has 0 heterocycles. The van der Waals surface area contributed by atoms with E-state index in [1.165, 1.54) is 6.42 Å². The van der Waals surface area contributed by atoms with Gasteiger partial charge in [-0.15, -0.1) is 11.1 Å². The van der Waals surface area contributed by atoms with E-state index in [0.29, 0.717) is 0 Å². The molecule has 0 spiro atoms. The standard InChI is InChI=1S/C3H11ClOSi2/c1-2-3-7(4)5-6/h7H,2-3H2,1,6H3. The molecule has 0 aromatic heterocycles. The number of hydrogen-bond acceptors (Lipinski definition) is 1. The maximum Gasteiger partial charge on any atom is 0.263 e. The molecule has 44 valence electrons. The van der Waals surface area contributed by atoms with Crippen molar-refractivity contribution in [2.45, 2.75) is 19.4 Å². The summed E-state index contributed by atoms with van der Waals surface area (Å²) in [7, 11) is -0.331. The minimum Gasteiger partial charge on any atom is -0.455 e. The molecule has 0 radical (unpaired) electrons. The highest BCUT2D eigenvalue weighted by molar-refractivity contribution is 7.04. The highest BCUT2D eigenvalue weighted by atomic mass is 35.6. The average Bonchev–Trinajstić information content (AvgIpc) is 1.68. The van der Waals surface area contributed by atoms with Gasteiger partial charge in [0.25, 0.3) is 8.35 Å². The van der Waals surface area contributed by atoms with Crippen molar-refractivity contribution in [1.29, 1.82) is 0 Å². The van der Waals surface area contributed by atoms with Crippen LogP contribution in [0.5, 0.6) is 0 Å². The molecule has 0 fully saturated rings. The molecule has 0 bridgehead atoms. The van der Waals surface area contributed by atoms with Crippen LogP contribution in [0, 0.1) is 0 Å². The van der Waals surface area contributed by atoms with Crippen molar-refractivity contribution in [1.82, 2.24) is 0 Å². The Morgan fingerprint density at radius 2 is 2.43 bits per heavy atom. The lowest BCUT2D eigenvalue weighted by atomic mass is 10.6. The van der Waals surface area contributed by atoms with Crippen LogP contribution in [0.3, 0.4) is 0 Å². The van der Waals surface area contributed by atoms with Gasteiger partial charge in [-0.1, -0.05) is 13.3 Å². The van der Waals surface area contributed by atoms with Crippen molar-refractivity contribution in [3.8, 4) is 0 Å². The number of rotatable bonds is 3. The summed E-state index contributed by atoms with van der Waals surface area (Å²) in [4.78, 5) is 0. The first kappa shape index (κ1) is 7.68. The second-order valence-electron chi connectivity index (χ2n) is 1.43. The van der Waals surface area contributed by atoms with Crippen LogP contribution >= 0.6 is 11.1 Å². The fraction of sp³-hybridized carbons (Fsp3) is 1.00. The Bertz CT molecular complexity index is 43.9. The summed E-state index contributed by atoms with van der Waals surface area (Å²) >= 11 is 5.72. The molecule has 0 amide bonds. The molecule has 0 aliphatic heterocycles. The maximum absolute atomic E-state index is 5.72. The summed E-state index contributed by atoms with van der Waals surface area (Å²) in [6, 6.07) is 1.12. The van der Waals surface area contributed by atoms with E-state index in [4.69, 9.17) is 15.2 Å². The van der Waals surface area contributed by atoms with Crippen LogP contribution in [0.15, 0.2) is 0 Å². The van der Waals surface area contributed by atoms with Crippen molar-refractivity contribution >= 4 is 29.9 Å². The quantitative estimate of drug-likeness (QED) is 0.416. The van der Waals surface area contributed by atoms with Crippen LogP contribution in [-0.4, -0.2) is 18.8 Å². The Hall–Kier alpha value is 0.684. The molecule has 0 aromatic rings. The highest BCUT2D eigenvalue weighted by Gasteiger charge is 1.99. The van der Waals surface area contributed by atoms with E-state index in [9.17, 15) is 0 Å². The van der Waals surface area contributed by atoms with E-state index in [2.05, 4.69) is 6.92 Å². The molecule has 0 aliphatic rings. The topological polar surface area (TPSA) is 9.23 Å². The molecule has 7 heavy (non-hydrogen) atoms. The molecule has 1 atom stereocenters. The Labute approximate surface area is 54.0 Å². The first-order valence-electron chi connectivity index (χ1n) is 2.48. The fourth-order valence-corrected chi connectivity index (χ4v) is 2.40. The van der Waals surface area contributed by atoms with E-state index >= 15 is 0 Å². The highest BCUT2D eigenvalue weighted by Crippen LogP contribution is 1.99. The summed E-state index contributed by atoms with van der Waals surface area (Å²) in [5.74, 6) is 0. The van der Waals surface area contributed by atoms with Crippen LogP contribution in [0.1, 0.15) is 13.3 Å². The van der Waals surface area contributed by atoms with Crippen LogP contribution in [0.2, 0.25) is 6.04 Å². The minimum absolute atomic E-state index is 0.817. The monoisotopic (exact) mass is 154 g/mol. The van der Waals surface area contributed by atoms with Gasteiger partial charge in [-0.05, 0) is 6.04 Å². The third-order valence-corrected chi connectivity index (χ3v) is 6.11. The Kier molecular flexibility index (Phi) is 5.31.